The normalized spacial score (nSPS) is 13.9. The first-order valence-corrected chi connectivity index (χ1v) is 16.3. The smallest absolute Gasteiger partial charge is 0.268 e. The molecule has 3 rings (SSSR count). The van der Waals surface area contributed by atoms with Gasteiger partial charge in [0.1, 0.15) is 5.75 Å². The van der Waals surface area contributed by atoms with Crippen molar-refractivity contribution in [3.63, 3.8) is 0 Å². The quantitative estimate of drug-likeness (QED) is 0.276. The highest BCUT2D eigenvalue weighted by Crippen LogP contribution is 2.40. The molecule has 1 aromatic heterocycles. The summed E-state index contributed by atoms with van der Waals surface area (Å²) < 4.78 is 40.2. The number of rotatable bonds is 8. The molecule has 0 fully saturated rings. The van der Waals surface area contributed by atoms with Crippen molar-refractivity contribution in [2.24, 2.45) is 5.92 Å². The lowest BCUT2D eigenvalue weighted by molar-refractivity contribution is 0.178. The zero-order valence-corrected chi connectivity index (χ0v) is 24.1. The highest BCUT2D eigenvalue weighted by molar-refractivity contribution is 7.90. The Morgan fingerprint density at radius 1 is 1.06 bits per heavy atom. The van der Waals surface area contributed by atoms with Crippen LogP contribution in [0, 0.1) is 12.8 Å². The van der Waals surface area contributed by atoms with E-state index in [4.69, 9.17) is 32.4 Å². The molecule has 9 heteroatoms. The topological polar surface area (TPSA) is 57.5 Å². The Kier molecular flexibility index (Phi) is 7.85. The molecule has 2 aromatic carbocycles. The minimum Gasteiger partial charge on any atom is -0.492 e. The Hall–Kier alpha value is -1.51. The van der Waals surface area contributed by atoms with Gasteiger partial charge in [-0.15, -0.1) is 0 Å². The monoisotopic (exact) mass is 541 g/mol. The molecule has 186 valence electrons. The standard InChI is InChI=1S/C25H33Cl2NO4SSi/c1-17-8-10-19(11-9-17)33(29,30)28-13-12-20-22(14-21(26)23(27)24(20)28)31-15-18(2)16-32-34(6,7)25(3,4)5/h8-14,18H,15-16H2,1-7H3. The second-order valence-corrected chi connectivity index (χ2v) is 17.8. The third-order valence-electron chi connectivity index (χ3n) is 6.43. The van der Waals surface area contributed by atoms with Crippen LogP contribution >= 0.6 is 23.2 Å². The molecule has 0 amide bonds. The molecule has 0 saturated heterocycles. The average molecular weight is 543 g/mol. The first-order chi connectivity index (χ1) is 15.6. The molecule has 0 radical (unpaired) electrons. The van der Waals surface area contributed by atoms with Gasteiger partial charge >= 0.3 is 0 Å². The van der Waals surface area contributed by atoms with Crippen molar-refractivity contribution in [2.45, 2.75) is 57.6 Å². The van der Waals surface area contributed by atoms with E-state index in [1.807, 2.05) is 6.92 Å². The van der Waals surface area contributed by atoms with Gasteiger partial charge < -0.3 is 9.16 Å². The van der Waals surface area contributed by atoms with Gasteiger partial charge in [0.05, 0.1) is 27.1 Å². The van der Waals surface area contributed by atoms with Crippen molar-refractivity contribution in [3.8, 4) is 5.75 Å². The molecular weight excluding hydrogens is 509 g/mol. The van der Waals surface area contributed by atoms with E-state index in [9.17, 15) is 8.42 Å². The molecule has 0 aliphatic carbocycles. The zero-order chi connectivity index (χ0) is 25.5. The molecule has 1 heterocycles. The third-order valence-corrected chi connectivity index (χ3v) is 13.4. The van der Waals surface area contributed by atoms with Crippen LogP contribution in [-0.4, -0.2) is 33.9 Å². The maximum Gasteiger partial charge on any atom is 0.268 e. The fourth-order valence-electron chi connectivity index (χ4n) is 3.19. The zero-order valence-electron chi connectivity index (χ0n) is 20.8. The van der Waals surface area contributed by atoms with Gasteiger partial charge in [-0.05, 0) is 43.3 Å². The number of hydrogen-bond acceptors (Lipinski definition) is 4. The Morgan fingerprint density at radius 2 is 1.68 bits per heavy atom. The van der Waals surface area contributed by atoms with Crippen molar-refractivity contribution < 1.29 is 17.6 Å². The van der Waals surface area contributed by atoms with Gasteiger partial charge in [-0.3, -0.25) is 0 Å². The van der Waals surface area contributed by atoms with Crippen molar-refractivity contribution in [2.75, 3.05) is 13.2 Å². The molecule has 5 nitrogen and oxygen atoms in total. The second kappa shape index (κ2) is 9.86. The van der Waals surface area contributed by atoms with E-state index in [1.165, 1.54) is 6.20 Å². The summed E-state index contributed by atoms with van der Waals surface area (Å²) in [5, 5.41) is 1.12. The highest BCUT2D eigenvalue weighted by atomic mass is 35.5. The minimum absolute atomic E-state index is 0.134. The number of aryl methyl sites for hydroxylation is 1. The average Bonchev–Trinajstić information content (AvgIpc) is 3.20. The van der Waals surface area contributed by atoms with E-state index in [0.29, 0.717) is 29.9 Å². The van der Waals surface area contributed by atoms with Gasteiger partial charge in [0, 0.05) is 30.2 Å². The first kappa shape index (κ1) is 27.1. The van der Waals surface area contributed by atoms with Crippen LogP contribution in [0.4, 0.5) is 0 Å². The van der Waals surface area contributed by atoms with Crippen LogP contribution in [-0.2, 0) is 14.4 Å². The van der Waals surface area contributed by atoms with Gasteiger partial charge in [0.15, 0.2) is 8.32 Å². The Balaban J connectivity index is 1.88. The number of halogens is 2. The fraction of sp³-hybridized carbons (Fsp3) is 0.440. The molecule has 0 bridgehead atoms. The van der Waals surface area contributed by atoms with E-state index in [2.05, 4.69) is 40.8 Å². The van der Waals surface area contributed by atoms with Gasteiger partial charge in [0.25, 0.3) is 10.0 Å². The van der Waals surface area contributed by atoms with Gasteiger partial charge in [0.2, 0.25) is 0 Å². The molecule has 0 N–H and O–H groups in total. The van der Waals surface area contributed by atoms with E-state index in [0.717, 1.165) is 9.54 Å². The maximum atomic E-state index is 13.3. The summed E-state index contributed by atoms with van der Waals surface area (Å²) in [6.45, 7) is 16.0. The SMILES string of the molecule is Cc1ccc(S(=O)(=O)n2ccc3c(OCC(C)CO[Si](C)(C)C(C)(C)C)cc(Cl)c(Cl)c32)cc1. The minimum atomic E-state index is -3.86. The number of nitrogens with zero attached hydrogens (tertiary/aromatic N) is 1. The van der Waals surface area contributed by atoms with Crippen molar-refractivity contribution in [1.82, 2.24) is 3.97 Å². The van der Waals surface area contributed by atoms with Gasteiger partial charge in [-0.25, -0.2) is 12.4 Å². The van der Waals surface area contributed by atoms with Crippen molar-refractivity contribution in [1.29, 1.82) is 0 Å². The summed E-state index contributed by atoms with van der Waals surface area (Å²) in [5.41, 5.74) is 1.27. The molecule has 0 aliphatic rings. The van der Waals surface area contributed by atoms with Gasteiger partial charge in [-0.2, -0.15) is 0 Å². The number of hydrogen-bond donors (Lipinski definition) is 0. The van der Waals surface area contributed by atoms with Crippen LogP contribution in [0.5, 0.6) is 5.75 Å². The number of fused-ring (bicyclic) bond motifs is 1. The summed E-state index contributed by atoms with van der Waals surface area (Å²) in [7, 11) is -5.72. The fourth-order valence-corrected chi connectivity index (χ4v) is 6.17. The predicted octanol–water partition coefficient (Wildman–Crippen LogP) is 7.53. The summed E-state index contributed by atoms with van der Waals surface area (Å²) in [5.74, 6) is 0.624. The Bertz CT molecular complexity index is 1280. The molecule has 1 atom stereocenters. The third kappa shape index (κ3) is 5.49. The molecule has 3 aromatic rings. The molecule has 0 spiro atoms. The van der Waals surface area contributed by atoms with Crippen molar-refractivity contribution in [3.05, 3.63) is 58.2 Å². The molecule has 0 aliphatic heterocycles. The van der Waals surface area contributed by atoms with E-state index in [1.54, 1.807) is 36.4 Å². The lowest BCUT2D eigenvalue weighted by atomic mass is 10.2. The first-order valence-electron chi connectivity index (χ1n) is 11.2. The summed E-state index contributed by atoms with van der Waals surface area (Å²) in [6.07, 6.45) is 1.49. The van der Waals surface area contributed by atoms with Crippen LogP contribution in [0.15, 0.2) is 47.5 Å². The summed E-state index contributed by atoms with van der Waals surface area (Å²) in [6, 6.07) is 10.0. The van der Waals surface area contributed by atoms with E-state index >= 15 is 0 Å². The van der Waals surface area contributed by atoms with Crippen LogP contribution < -0.4 is 4.74 Å². The largest absolute Gasteiger partial charge is 0.492 e. The predicted molar refractivity (Wildman–Crippen MR) is 144 cm³/mol. The summed E-state index contributed by atoms with van der Waals surface area (Å²) >= 11 is 12.9. The van der Waals surface area contributed by atoms with E-state index in [-0.39, 0.29) is 25.9 Å². The highest BCUT2D eigenvalue weighted by Gasteiger charge is 2.37. The van der Waals surface area contributed by atoms with Gasteiger partial charge in [-0.1, -0.05) is 68.6 Å². The summed E-state index contributed by atoms with van der Waals surface area (Å²) in [4.78, 5) is 0.172. The van der Waals surface area contributed by atoms with Crippen LogP contribution in [0.2, 0.25) is 28.2 Å². The number of benzene rings is 2. The van der Waals surface area contributed by atoms with Crippen LogP contribution in [0.1, 0.15) is 33.3 Å². The molecule has 34 heavy (non-hydrogen) atoms. The Labute approximate surface area is 214 Å². The lowest BCUT2D eigenvalue weighted by Gasteiger charge is -2.37. The van der Waals surface area contributed by atoms with Crippen LogP contribution in [0.25, 0.3) is 10.9 Å². The van der Waals surface area contributed by atoms with Crippen molar-refractivity contribution >= 4 is 52.4 Å². The lowest BCUT2D eigenvalue weighted by Crippen LogP contribution is -2.42. The number of ether oxygens (including phenoxy) is 1. The molecule has 0 saturated carbocycles. The van der Waals surface area contributed by atoms with E-state index < -0.39 is 18.3 Å². The maximum absolute atomic E-state index is 13.3. The second-order valence-electron chi connectivity index (χ2n) is 10.3. The molecular formula is C25H33Cl2NO4SSi. The number of aromatic nitrogens is 1. The molecule has 1 unspecified atom stereocenters. The van der Waals surface area contributed by atoms with Crippen LogP contribution in [0.3, 0.4) is 0 Å². The Morgan fingerprint density at radius 3 is 2.26 bits per heavy atom.